The molecule has 0 saturated carbocycles. The lowest BCUT2D eigenvalue weighted by Gasteiger charge is -2.16. The van der Waals surface area contributed by atoms with Crippen molar-refractivity contribution >= 4 is 5.91 Å². The van der Waals surface area contributed by atoms with Gasteiger partial charge in [-0.2, -0.15) is 0 Å². The zero-order chi connectivity index (χ0) is 9.68. The van der Waals surface area contributed by atoms with Crippen LogP contribution in [0.15, 0.2) is 24.4 Å². The fraction of sp³-hybridized carbons (Fsp3) is 0.444. The van der Waals surface area contributed by atoms with E-state index in [-0.39, 0.29) is 5.91 Å². The Bertz CT molecular complexity index is 218. The number of nitrogens with zero attached hydrogens (tertiary/aromatic N) is 1. The fourth-order valence-corrected chi connectivity index (χ4v) is 1.08. The van der Waals surface area contributed by atoms with Gasteiger partial charge in [-0.15, -0.1) is 0 Å². The monoisotopic (exact) mass is 182 g/mol. The van der Waals surface area contributed by atoms with E-state index in [1.807, 2.05) is 0 Å². The highest BCUT2D eigenvalue weighted by molar-refractivity contribution is 5.92. The Labute approximate surface area is 77.6 Å². The second kappa shape index (κ2) is 4.79. The Morgan fingerprint density at radius 3 is 2.77 bits per heavy atom. The van der Waals surface area contributed by atoms with Crippen LogP contribution in [0.4, 0.5) is 0 Å². The van der Waals surface area contributed by atoms with Gasteiger partial charge in [0.15, 0.2) is 0 Å². The highest BCUT2D eigenvalue weighted by Crippen LogP contribution is 2.11. The van der Waals surface area contributed by atoms with Crippen molar-refractivity contribution in [3.63, 3.8) is 0 Å². The predicted octanol–water partition coefficient (Wildman–Crippen LogP) is -0.126. The molecule has 0 aromatic carbocycles. The van der Waals surface area contributed by atoms with E-state index in [0.29, 0.717) is 26.3 Å². The van der Waals surface area contributed by atoms with Crippen LogP contribution in [0.1, 0.15) is 0 Å². The summed E-state index contributed by atoms with van der Waals surface area (Å²) in [5.74, 6) is -0.0265. The summed E-state index contributed by atoms with van der Waals surface area (Å²) in [6, 6.07) is 0. The second-order valence-corrected chi connectivity index (χ2v) is 2.72. The number of allylic oxidation sites excluding steroid dienone is 1. The van der Waals surface area contributed by atoms with E-state index in [2.05, 4.69) is 6.58 Å². The molecule has 1 rings (SSSR count). The number of hydrogen-bond donors (Lipinski definition) is 1. The Morgan fingerprint density at radius 2 is 2.23 bits per heavy atom. The van der Waals surface area contributed by atoms with E-state index in [1.54, 1.807) is 11.0 Å². The van der Waals surface area contributed by atoms with Gasteiger partial charge in [0.1, 0.15) is 0 Å². The highest BCUT2D eigenvalue weighted by Gasteiger charge is 2.17. The van der Waals surface area contributed by atoms with Gasteiger partial charge in [-0.1, -0.05) is 6.58 Å². The minimum absolute atomic E-state index is 0.0265. The molecule has 72 valence electrons. The lowest BCUT2D eigenvalue weighted by molar-refractivity contribution is -0.123. The lowest BCUT2D eigenvalue weighted by Crippen LogP contribution is -2.28. The van der Waals surface area contributed by atoms with Gasteiger partial charge in [0, 0.05) is 24.9 Å². The van der Waals surface area contributed by atoms with Gasteiger partial charge in [-0.3, -0.25) is 4.79 Å². The van der Waals surface area contributed by atoms with Gasteiger partial charge in [0.2, 0.25) is 0 Å². The summed E-state index contributed by atoms with van der Waals surface area (Å²) in [5, 5.41) is 0. The maximum atomic E-state index is 11.1. The summed E-state index contributed by atoms with van der Waals surface area (Å²) < 4.78 is 5.15. The first-order chi connectivity index (χ1) is 6.25. The molecule has 0 atom stereocenters. The fourth-order valence-electron chi connectivity index (χ4n) is 1.08. The quantitative estimate of drug-likeness (QED) is 0.603. The van der Waals surface area contributed by atoms with E-state index in [0.717, 1.165) is 5.70 Å². The molecule has 1 amide bonds. The molecule has 0 spiro atoms. The van der Waals surface area contributed by atoms with E-state index in [4.69, 9.17) is 10.5 Å². The molecular weight excluding hydrogens is 168 g/mol. The van der Waals surface area contributed by atoms with Crippen LogP contribution < -0.4 is 5.73 Å². The summed E-state index contributed by atoms with van der Waals surface area (Å²) in [7, 11) is 0. The molecule has 0 radical (unpaired) electrons. The van der Waals surface area contributed by atoms with Crippen molar-refractivity contribution in [2.75, 3.05) is 26.3 Å². The molecule has 0 fully saturated rings. The Kier molecular flexibility index (Phi) is 3.67. The normalized spacial score (nSPS) is 15.9. The van der Waals surface area contributed by atoms with Gasteiger partial charge in [0.05, 0.1) is 13.2 Å². The number of hydrogen-bond acceptors (Lipinski definition) is 3. The number of carbonyl (C=O) groups excluding carboxylic acids is 1. The molecule has 0 unspecified atom stereocenters. The average molecular weight is 182 g/mol. The van der Waals surface area contributed by atoms with Crippen molar-refractivity contribution in [1.29, 1.82) is 0 Å². The average Bonchev–Trinajstić information content (AvgIpc) is 2.42. The van der Waals surface area contributed by atoms with E-state index in [9.17, 15) is 4.79 Å². The number of ether oxygens (including phenoxy) is 1. The van der Waals surface area contributed by atoms with Crippen LogP contribution in [0, 0.1) is 0 Å². The topological polar surface area (TPSA) is 55.6 Å². The standard InChI is InChI=1S/C9H14N2O2/c1-8-2-3-9(12)11(8)5-7-13-6-4-10/h2-3H,1,4-7,10H2. The van der Waals surface area contributed by atoms with Crippen LogP contribution in [-0.4, -0.2) is 37.1 Å². The van der Waals surface area contributed by atoms with Crippen molar-refractivity contribution < 1.29 is 9.53 Å². The van der Waals surface area contributed by atoms with Crippen LogP contribution in [0.3, 0.4) is 0 Å². The van der Waals surface area contributed by atoms with Crippen molar-refractivity contribution in [2.24, 2.45) is 5.73 Å². The van der Waals surface area contributed by atoms with Gasteiger partial charge in [0.25, 0.3) is 5.91 Å². The predicted molar refractivity (Wildman–Crippen MR) is 49.9 cm³/mol. The van der Waals surface area contributed by atoms with Crippen molar-refractivity contribution in [1.82, 2.24) is 4.90 Å². The zero-order valence-corrected chi connectivity index (χ0v) is 7.53. The minimum atomic E-state index is -0.0265. The Balaban J connectivity index is 2.22. The summed E-state index contributed by atoms with van der Waals surface area (Å²) in [4.78, 5) is 12.7. The first kappa shape index (κ1) is 9.95. The molecule has 0 saturated heterocycles. The van der Waals surface area contributed by atoms with Crippen molar-refractivity contribution in [2.45, 2.75) is 0 Å². The third kappa shape index (κ3) is 2.68. The SMILES string of the molecule is C=C1C=CC(=O)N1CCOCCN. The molecule has 2 N–H and O–H groups in total. The Morgan fingerprint density at radius 1 is 1.46 bits per heavy atom. The number of rotatable bonds is 5. The van der Waals surface area contributed by atoms with Crippen molar-refractivity contribution in [3.05, 3.63) is 24.4 Å². The molecule has 4 nitrogen and oxygen atoms in total. The number of amides is 1. The molecule has 4 heteroatoms. The molecule has 0 aliphatic carbocycles. The number of nitrogens with two attached hydrogens (primary N) is 1. The first-order valence-corrected chi connectivity index (χ1v) is 4.22. The molecule has 1 aliphatic rings. The third-order valence-electron chi connectivity index (χ3n) is 1.75. The molecule has 0 bridgehead atoms. The van der Waals surface area contributed by atoms with Gasteiger partial charge in [-0.05, 0) is 6.08 Å². The zero-order valence-electron chi connectivity index (χ0n) is 7.53. The van der Waals surface area contributed by atoms with E-state index < -0.39 is 0 Å². The second-order valence-electron chi connectivity index (χ2n) is 2.72. The van der Waals surface area contributed by atoms with Crippen LogP contribution in [0.2, 0.25) is 0 Å². The molecular formula is C9H14N2O2. The summed E-state index contributed by atoms with van der Waals surface area (Å²) in [6.07, 6.45) is 3.20. The molecule has 13 heavy (non-hydrogen) atoms. The van der Waals surface area contributed by atoms with Crippen molar-refractivity contribution in [3.8, 4) is 0 Å². The summed E-state index contributed by atoms with van der Waals surface area (Å²) >= 11 is 0. The van der Waals surface area contributed by atoms with Crippen LogP contribution in [0.5, 0.6) is 0 Å². The first-order valence-electron chi connectivity index (χ1n) is 4.22. The largest absolute Gasteiger partial charge is 0.378 e. The van der Waals surface area contributed by atoms with E-state index in [1.165, 1.54) is 6.08 Å². The third-order valence-corrected chi connectivity index (χ3v) is 1.75. The van der Waals surface area contributed by atoms with Gasteiger partial charge < -0.3 is 15.4 Å². The lowest BCUT2D eigenvalue weighted by atomic mass is 10.4. The van der Waals surface area contributed by atoms with E-state index >= 15 is 0 Å². The van der Waals surface area contributed by atoms with Crippen LogP contribution >= 0.6 is 0 Å². The smallest absolute Gasteiger partial charge is 0.251 e. The van der Waals surface area contributed by atoms with Crippen LogP contribution in [0.25, 0.3) is 0 Å². The van der Waals surface area contributed by atoms with Gasteiger partial charge >= 0.3 is 0 Å². The molecule has 1 aliphatic heterocycles. The highest BCUT2D eigenvalue weighted by atomic mass is 16.5. The van der Waals surface area contributed by atoms with Crippen LogP contribution in [-0.2, 0) is 9.53 Å². The number of carbonyl (C=O) groups is 1. The molecule has 1 heterocycles. The summed E-state index contributed by atoms with van der Waals surface area (Å²) in [5.41, 5.74) is 5.97. The molecule has 0 aromatic rings. The summed E-state index contributed by atoms with van der Waals surface area (Å²) in [6.45, 7) is 5.81. The minimum Gasteiger partial charge on any atom is -0.378 e. The maximum absolute atomic E-state index is 11.1. The maximum Gasteiger partial charge on any atom is 0.251 e. The molecule has 0 aromatic heterocycles. The van der Waals surface area contributed by atoms with Gasteiger partial charge in [-0.25, -0.2) is 0 Å². The Hall–Kier alpha value is -1.13.